The zero-order chi connectivity index (χ0) is 42.1. The second-order valence-electron chi connectivity index (χ2n) is 14.2. The maximum absolute atomic E-state index is 12.6. The van der Waals surface area contributed by atoms with Crippen molar-refractivity contribution < 1.29 is 52.6 Å². The van der Waals surface area contributed by atoms with E-state index < -0.39 is 51.1 Å². The molecule has 0 rings (SSSR count). The summed E-state index contributed by atoms with van der Waals surface area (Å²) in [6.07, 6.45) is 43.0. The fraction of sp³-hybridized carbons (Fsp3) is 0.705. The van der Waals surface area contributed by atoms with E-state index in [2.05, 4.69) is 60.1 Å². The van der Waals surface area contributed by atoms with E-state index in [-0.39, 0.29) is 26.1 Å². The highest BCUT2D eigenvalue weighted by molar-refractivity contribution is 7.47. The number of hydrogen-bond donors (Lipinski definition) is 4. The van der Waals surface area contributed by atoms with Crippen molar-refractivity contribution in [2.45, 2.75) is 173 Å². The summed E-state index contributed by atoms with van der Waals surface area (Å²) in [6, 6.07) is -1.54. The van der Waals surface area contributed by atoms with Crippen LogP contribution in [0.5, 0.6) is 0 Å². The summed E-state index contributed by atoms with van der Waals surface area (Å²) in [6.45, 7) is 0.723. The van der Waals surface area contributed by atoms with E-state index in [9.17, 15) is 23.8 Å². The Morgan fingerprint density at radius 1 is 0.579 bits per heavy atom. The normalized spacial score (nSPS) is 14.3. The highest BCUT2D eigenvalue weighted by Crippen LogP contribution is 2.43. The van der Waals surface area contributed by atoms with Crippen molar-refractivity contribution >= 4 is 25.7 Å². The molecule has 0 bridgehead atoms. The van der Waals surface area contributed by atoms with Crippen molar-refractivity contribution in [3.63, 3.8) is 0 Å². The fourth-order valence-corrected chi connectivity index (χ4v) is 6.16. The highest BCUT2D eigenvalue weighted by Gasteiger charge is 2.28. The van der Waals surface area contributed by atoms with E-state index in [1.165, 1.54) is 51.4 Å². The molecule has 0 saturated heterocycles. The minimum atomic E-state index is -4.74. The number of carbonyl (C=O) groups excluding carboxylic acids is 2. The van der Waals surface area contributed by atoms with Crippen molar-refractivity contribution in [2.75, 3.05) is 26.4 Å². The molecule has 0 aliphatic heterocycles. The number of allylic oxidation sites excluding steroid dienone is 10. The zero-order valence-corrected chi connectivity index (χ0v) is 35.8. The third kappa shape index (κ3) is 39.7. The standard InChI is InChI=1S/C44H76NO11P/c1-2-3-4-5-6-7-8-9-13-16-19-22-25-28-31-34-42(47)53-37-40(38-54-57(51,52)55-39-41(45)44(49)50)56-43(48)35-32-29-26-23-20-17-14-11-10-12-15-18-21-24-27-30-33-36-46/h7-8,10,12,14,17-18,21,23,26,40-41,46H,2-6,9,11,13,15-16,19-20,22,24-25,27-39,45H2,1H3,(H,49,50)(H,51,52)/b8-7-,12-10-,17-14-,21-18-,26-23-/t40-,41+/m1/s1. The average molecular weight is 826 g/mol. The molecule has 0 heterocycles. The van der Waals surface area contributed by atoms with Gasteiger partial charge in [0.15, 0.2) is 6.10 Å². The summed E-state index contributed by atoms with van der Waals surface area (Å²) in [7, 11) is -4.74. The Morgan fingerprint density at radius 2 is 1.02 bits per heavy atom. The number of phosphoric acid groups is 1. The van der Waals surface area contributed by atoms with E-state index in [4.69, 9.17) is 29.9 Å². The molecule has 328 valence electrons. The van der Waals surface area contributed by atoms with Crippen LogP contribution in [-0.4, -0.2) is 71.6 Å². The summed E-state index contributed by atoms with van der Waals surface area (Å²) < 4.78 is 32.6. The lowest BCUT2D eigenvalue weighted by atomic mass is 10.1. The SMILES string of the molecule is CCCCCC/C=C\CCCCCCCCCC(=O)OC[C@H](COP(=O)(O)OC[C@H](N)C(=O)O)OC(=O)CCC/C=C\C/C=C\C/C=C\C/C=C\CCCCCO. The number of ether oxygens (including phenoxy) is 2. The van der Waals surface area contributed by atoms with Crippen molar-refractivity contribution in [3.05, 3.63) is 60.8 Å². The summed E-state index contributed by atoms with van der Waals surface area (Å²) in [5, 5.41) is 17.7. The molecule has 0 aromatic carbocycles. The quantitative estimate of drug-likeness (QED) is 0.0198. The Hall–Kier alpha value is -2.86. The highest BCUT2D eigenvalue weighted by atomic mass is 31.2. The number of phosphoric ester groups is 1. The maximum atomic E-state index is 12.6. The van der Waals surface area contributed by atoms with Crippen LogP contribution in [0.25, 0.3) is 0 Å². The molecule has 12 nitrogen and oxygen atoms in total. The maximum Gasteiger partial charge on any atom is 0.472 e. The van der Waals surface area contributed by atoms with Crippen LogP contribution in [0.15, 0.2) is 60.8 Å². The summed E-state index contributed by atoms with van der Waals surface area (Å²) in [5.41, 5.74) is 5.32. The molecule has 0 aromatic rings. The summed E-state index contributed by atoms with van der Waals surface area (Å²) in [4.78, 5) is 45.9. The van der Waals surface area contributed by atoms with Crippen LogP contribution in [0.1, 0.15) is 161 Å². The van der Waals surface area contributed by atoms with Crippen LogP contribution in [-0.2, 0) is 37.5 Å². The minimum absolute atomic E-state index is 0.0725. The molecule has 0 fully saturated rings. The van der Waals surface area contributed by atoms with Gasteiger partial charge < -0.3 is 30.3 Å². The lowest BCUT2D eigenvalue weighted by molar-refractivity contribution is -0.161. The number of carboxylic acid groups (broad SMARTS) is 1. The number of aliphatic carboxylic acids is 1. The van der Waals surface area contributed by atoms with Crippen LogP contribution in [0.3, 0.4) is 0 Å². The van der Waals surface area contributed by atoms with Gasteiger partial charge in [-0.2, -0.15) is 0 Å². The van der Waals surface area contributed by atoms with Gasteiger partial charge in [-0.15, -0.1) is 0 Å². The summed E-state index contributed by atoms with van der Waals surface area (Å²) in [5.74, 6) is -2.48. The van der Waals surface area contributed by atoms with Crippen molar-refractivity contribution in [1.82, 2.24) is 0 Å². The van der Waals surface area contributed by atoms with Crippen LogP contribution in [0, 0.1) is 0 Å². The number of nitrogens with two attached hydrogens (primary N) is 1. The molecule has 5 N–H and O–H groups in total. The molecular weight excluding hydrogens is 749 g/mol. The van der Waals surface area contributed by atoms with E-state index in [1.54, 1.807) is 0 Å². The van der Waals surface area contributed by atoms with Gasteiger partial charge in [-0.3, -0.25) is 23.4 Å². The van der Waals surface area contributed by atoms with Crippen molar-refractivity contribution in [2.24, 2.45) is 5.73 Å². The zero-order valence-electron chi connectivity index (χ0n) is 34.9. The molecule has 13 heteroatoms. The van der Waals surface area contributed by atoms with E-state index >= 15 is 0 Å². The second kappa shape index (κ2) is 39.9. The van der Waals surface area contributed by atoms with E-state index in [0.29, 0.717) is 19.3 Å². The second-order valence-corrected chi connectivity index (χ2v) is 15.6. The Bertz CT molecular complexity index is 1200. The molecule has 0 radical (unpaired) electrons. The summed E-state index contributed by atoms with van der Waals surface area (Å²) >= 11 is 0. The largest absolute Gasteiger partial charge is 0.480 e. The Labute approximate surface area is 343 Å². The average Bonchev–Trinajstić information content (AvgIpc) is 3.19. The van der Waals surface area contributed by atoms with Gasteiger partial charge in [-0.1, -0.05) is 125 Å². The molecule has 0 saturated carbocycles. The first kappa shape index (κ1) is 54.1. The first-order chi connectivity index (χ1) is 27.6. The Morgan fingerprint density at radius 3 is 1.56 bits per heavy atom. The predicted molar refractivity (Wildman–Crippen MR) is 227 cm³/mol. The smallest absolute Gasteiger partial charge is 0.472 e. The lowest BCUT2D eigenvalue weighted by Crippen LogP contribution is -2.34. The van der Waals surface area contributed by atoms with E-state index in [0.717, 1.165) is 70.6 Å². The van der Waals surface area contributed by atoms with Crippen LogP contribution < -0.4 is 5.73 Å². The molecule has 3 atom stereocenters. The topological polar surface area (TPSA) is 192 Å². The van der Waals surface area contributed by atoms with Crippen LogP contribution >= 0.6 is 7.82 Å². The molecule has 57 heavy (non-hydrogen) atoms. The van der Waals surface area contributed by atoms with Gasteiger partial charge in [0.1, 0.15) is 12.6 Å². The first-order valence-electron chi connectivity index (χ1n) is 21.4. The monoisotopic (exact) mass is 826 g/mol. The van der Waals surface area contributed by atoms with Crippen molar-refractivity contribution in [1.29, 1.82) is 0 Å². The van der Waals surface area contributed by atoms with Gasteiger partial charge in [0.2, 0.25) is 0 Å². The van der Waals surface area contributed by atoms with Crippen LogP contribution in [0.4, 0.5) is 0 Å². The Kier molecular flexibility index (Phi) is 37.9. The third-order valence-corrected chi connectivity index (χ3v) is 9.74. The number of carbonyl (C=O) groups is 3. The van der Waals surface area contributed by atoms with E-state index in [1.807, 2.05) is 12.2 Å². The lowest BCUT2D eigenvalue weighted by Gasteiger charge is -2.20. The number of esters is 2. The minimum Gasteiger partial charge on any atom is -0.480 e. The molecule has 0 aliphatic rings. The van der Waals surface area contributed by atoms with Gasteiger partial charge in [-0.25, -0.2) is 4.57 Å². The number of unbranched alkanes of at least 4 members (excludes halogenated alkanes) is 15. The number of hydrogen-bond acceptors (Lipinski definition) is 10. The molecule has 0 spiro atoms. The van der Waals surface area contributed by atoms with Gasteiger partial charge in [-0.05, 0) is 83.5 Å². The number of rotatable bonds is 40. The van der Waals surface area contributed by atoms with Gasteiger partial charge in [0.25, 0.3) is 0 Å². The molecule has 0 amide bonds. The Balaban J connectivity index is 4.48. The number of aliphatic hydroxyl groups is 1. The number of carboxylic acids is 1. The van der Waals surface area contributed by atoms with Crippen LogP contribution in [0.2, 0.25) is 0 Å². The van der Waals surface area contributed by atoms with Crippen molar-refractivity contribution in [3.8, 4) is 0 Å². The molecule has 1 unspecified atom stereocenters. The van der Waals surface area contributed by atoms with Gasteiger partial charge in [0, 0.05) is 19.4 Å². The molecule has 0 aromatic heterocycles. The van der Waals surface area contributed by atoms with Gasteiger partial charge in [0.05, 0.1) is 13.2 Å². The van der Waals surface area contributed by atoms with Gasteiger partial charge >= 0.3 is 25.7 Å². The third-order valence-electron chi connectivity index (χ3n) is 8.79. The fourth-order valence-electron chi connectivity index (χ4n) is 5.38. The molecular formula is C44H76NO11P. The first-order valence-corrected chi connectivity index (χ1v) is 22.9. The molecule has 0 aliphatic carbocycles. The number of aliphatic hydroxyl groups excluding tert-OH is 1. The predicted octanol–water partition coefficient (Wildman–Crippen LogP) is 10.1.